The van der Waals surface area contributed by atoms with Gasteiger partial charge in [-0.05, 0) is 51.3 Å². The molecule has 0 aliphatic carbocycles. The third-order valence-corrected chi connectivity index (χ3v) is 9.37. The highest BCUT2D eigenvalue weighted by molar-refractivity contribution is 6.30. The monoisotopic (exact) mass is 922 g/mol. The Labute approximate surface area is 372 Å². The lowest BCUT2D eigenvalue weighted by Crippen LogP contribution is -2.68. The van der Waals surface area contributed by atoms with Crippen molar-refractivity contribution >= 4 is 41.4 Å². The molecule has 63 heavy (non-hydrogen) atoms. The van der Waals surface area contributed by atoms with Crippen molar-refractivity contribution in [3.05, 3.63) is 34.9 Å². The molecule has 1 saturated heterocycles. The van der Waals surface area contributed by atoms with Crippen LogP contribution in [0.2, 0.25) is 5.02 Å². The van der Waals surface area contributed by atoms with Gasteiger partial charge in [-0.3, -0.25) is 14.4 Å². The number of unbranched alkanes of at least 4 members (excludes halogenated alkanes) is 3. The summed E-state index contributed by atoms with van der Waals surface area (Å²) in [5.41, 5.74) is 0.0763. The lowest BCUT2D eigenvalue weighted by Gasteiger charge is -2.46. The summed E-state index contributed by atoms with van der Waals surface area (Å²) >= 11 is 5.88. The summed E-state index contributed by atoms with van der Waals surface area (Å²) in [6, 6.07) is 5.04. The van der Waals surface area contributed by atoms with Gasteiger partial charge in [0.1, 0.15) is 24.4 Å². The number of aliphatic hydroxyl groups is 4. The van der Waals surface area contributed by atoms with Gasteiger partial charge in [-0.2, -0.15) is 0 Å². The molecular weight excluding hydrogens is 856 g/mol. The number of carboxylic acids is 1. The molecule has 0 aromatic heterocycles. The van der Waals surface area contributed by atoms with E-state index >= 15 is 0 Å². The molecule has 360 valence electrons. The van der Waals surface area contributed by atoms with Crippen molar-refractivity contribution < 1.29 is 82.7 Å². The number of carbonyl (C=O) groups excluding carboxylic acids is 4. The van der Waals surface area contributed by atoms with E-state index in [1.54, 1.807) is 45.0 Å². The standard InChI is InChI=1S/C41H67ClN4O17/c1-40(2,3)63-39(56)44-14-17-58-19-21-60-23-22-59-20-18-57-16-12-32(50)43-13-6-4-5-7-15-61-41(38(54)55)25-30(48)35(46-34(52)27-47)37(62-41)36(53)31(49)26-45-33(51)24-28-8-10-29(42)11-9-28/h8-11,30-31,35-37,47-49,53H,4-7,12-27H2,1-3H3,(H,43,50)(H,44,56)(H,45,51)(H,46,52)(H,54,55)/t30-,31+,35+,36+,37+,41+/m0/s1. The van der Waals surface area contributed by atoms with Crippen molar-refractivity contribution in [2.24, 2.45) is 0 Å². The number of carbonyl (C=O) groups is 5. The predicted molar refractivity (Wildman–Crippen MR) is 225 cm³/mol. The quantitative estimate of drug-likeness (QED) is 0.0423. The molecule has 21 nitrogen and oxygen atoms in total. The SMILES string of the molecule is CC(C)(C)OC(=O)NCCOCCOCCOCCOCCC(=O)NCCCCCCO[C@]1(C(=O)O)C[C@H](O)[C@@H](NC(=O)CO)[C@H]([C@H](O)[C@H](O)CNC(=O)Cc2ccc(Cl)cc2)O1. The molecular formula is C41H67ClN4O17. The van der Waals surface area contributed by atoms with Crippen molar-refractivity contribution in [2.45, 2.75) is 108 Å². The third-order valence-electron chi connectivity index (χ3n) is 9.12. The van der Waals surface area contributed by atoms with E-state index in [2.05, 4.69) is 21.3 Å². The van der Waals surface area contributed by atoms with E-state index < -0.39 is 85.3 Å². The Kier molecular flexibility index (Phi) is 26.7. The molecule has 0 unspecified atom stereocenters. The van der Waals surface area contributed by atoms with Gasteiger partial charge in [-0.25, -0.2) is 9.59 Å². The van der Waals surface area contributed by atoms with Crippen LogP contribution in [0.15, 0.2) is 24.3 Å². The molecule has 2 rings (SSSR count). The number of alkyl carbamates (subject to hydrolysis) is 1. The molecule has 1 heterocycles. The summed E-state index contributed by atoms with van der Waals surface area (Å²) in [6.07, 6.45) is -5.89. The van der Waals surface area contributed by atoms with E-state index in [4.69, 9.17) is 44.8 Å². The van der Waals surface area contributed by atoms with E-state index in [-0.39, 0.29) is 32.0 Å². The first-order valence-electron chi connectivity index (χ1n) is 21.0. The van der Waals surface area contributed by atoms with E-state index in [1.807, 2.05) is 0 Å². The Morgan fingerprint density at radius 3 is 2.00 bits per heavy atom. The van der Waals surface area contributed by atoms with Crippen molar-refractivity contribution in [3.63, 3.8) is 0 Å². The van der Waals surface area contributed by atoms with Gasteiger partial charge >= 0.3 is 12.1 Å². The molecule has 1 aromatic carbocycles. The van der Waals surface area contributed by atoms with Gasteiger partial charge in [0, 0.05) is 37.5 Å². The van der Waals surface area contributed by atoms with Crippen molar-refractivity contribution in [2.75, 3.05) is 85.7 Å². The first-order chi connectivity index (χ1) is 30.0. The lowest BCUT2D eigenvalue weighted by molar-refractivity contribution is -0.310. The van der Waals surface area contributed by atoms with Gasteiger partial charge in [-0.15, -0.1) is 0 Å². The van der Waals surface area contributed by atoms with Crippen LogP contribution < -0.4 is 21.3 Å². The second-order valence-corrected chi connectivity index (χ2v) is 16.0. The van der Waals surface area contributed by atoms with Crippen molar-refractivity contribution in [3.8, 4) is 0 Å². The summed E-state index contributed by atoms with van der Waals surface area (Å²) < 4.78 is 38.2. The lowest BCUT2D eigenvalue weighted by atomic mass is 9.88. The predicted octanol–water partition coefficient (Wildman–Crippen LogP) is -0.197. The van der Waals surface area contributed by atoms with Crippen LogP contribution in [0.5, 0.6) is 0 Å². The number of carboxylic acid groups (broad SMARTS) is 1. The van der Waals surface area contributed by atoms with Crippen molar-refractivity contribution in [1.82, 2.24) is 21.3 Å². The van der Waals surface area contributed by atoms with Gasteiger partial charge in [-0.1, -0.05) is 36.6 Å². The number of hydrogen-bond acceptors (Lipinski definition) is 16. The van der Waals surface area contributed by atoms with Crippen LogP contribution in [-0.2, 0) is 58.8 Å². The highest BCUT2D eigenvalue weighted by atomic mass is 35.5. The largest absolute Gasteiger partial charge is 0.477 e. The zero-order valence-corrected chi connectivity index (χ0v) is 37.1. The molecule has 9 N–H and O–H groups in total. The Balaban J connectivity index is 1.61. The maximum atomic E-state index is 12.5. The Hall–Kier alpha value is -3.74. The minimum absolute atomic E-state index is 0.0643. The molecule has 0 spiro atoms. The summed E-state index contributed by atoms with van der Waals surface area (Å²) in [5, 5.41) is 62.9. The molecule has 4 amide bonds. The molecule has 1 aliphatic rings. The normalized spacial score (nSPS) is 19.7. The number of nitrogens with one attached hydrogen (secondary N) is 4. The maximum Gasteiger partial charge on any atom is 0.407 e. The van der Waals surface area contributed by atoms with Crippen LogP contribution in [-0.4, -0.2) is 183 Å². The van der Waals surface area contributed by atoms with Crippen LogP contribution in [0.25, 0.3) is 0 Å². The molecule has 6 atom stereocenters. The highest BCUT2D eigenvalue weighted by Crippen LogP contribution is 2.34. The number of halogens is 1. The maximum absolute atomic E-state index is 12.5. The van der Waals surface area contributed by atoms with E-state index in [9.17, 15) is 49.5 Å². The van der Waals surface area contributed by atoms with Crippen LogP contribution in [0, 0.1) is 0 Å². The zero-order valence-electron chi connectivity index (χ0n) is 36.4. The minimum atomic E-state index is -2.47. The Morgan fingerprint density at radius 2 is 1.40 bits per heavy atom. The van der Waals surface area contributed by atoms with E-state index in [0.29, 0.717) is 95.6 Å². The molecule has 0 saturated carbocycles. The summed E-state index contributed by atoms with van der Waals surface area (Å²) in [4.78, 5) is 60.8. The molecule has 22 heteroatoms. The number of benzene rings is 1. The minimum Gasteiger partial charge on any atom is -0.477 e. The van der Waals surface area contributed by atoms with Crippen LogP contribution >= 0.6 is 11.6 Å². The fraction of sp³-hybridized carbons (Fsp3) is 0.732. The Bertz CT molecular complexity index is 1500. The fourth-order valence-corrected chi connectivity index (χ4v) is 6.08. The molecule has 1 fully saturated rings. The average Bonchev–Trinajstić information content (AvgIpc) is 3.22. The van der Waals surface area contributed by atoms with Gasteiger partial charge in [0.25, 0.3) is 5.79 Å². The summed E-state index contributed by atoms with van der Waals surface area (Å²) in [7, 11) is 0. The number of ether oxygens (including phenoxy) is 7. The summed E-state index contributed by atoms with van der Waals surface area (Å²) in [5.74, 6) is -5.73. The van der Waals surface area contributed by atoms with Crippen LogP contribution in [0.1, 0.15) is 64.9 Å². The fourth-order valence-electron chi connectivity index (χ4n) is 5.96. The number of aliphatic carboxylic acids is 1. The van der Waals surface area contributed by atoms with E-state index in [0.717, 1.165) is 0 Å². The van der Waals surface area contributed by atoms with Crippen molar-refractivity contribution in [1.29, 1.82) is 0 Å². The second kappa shape index (κ2) is 30.4. The average molecular weight is 923 g/mol. The van der Waals surface area contributed by atoms with Gasteiger partial charge in [0.2, 0.25) is 17.7 Å². The first kappa shape index (κ1) is 55.4. The van der Waals surface area contributed by atoms with Gasteiger partial charge in [0.05, 0.1) is 84.1 Å². The number of hydrogen-bond donors (Lipinski definition) is 9. The second-order valence-electron chi connectivity index (χ2n) is 15.6. The van der Waals surface area contributed by atoms with Crippen LogP contribution in [0.3, 0.4) is 0 Å². The molecule has 0 radical (unpaired) electrons. The van der Waals surface area contributed by atoms with Gasteiger partial charge in [0.15, 0.2) is 0 Å². The zero-order chi connectivity index (χ0) is 46.7. The number of rotatable bonds is 32. The Morgan fingerprint density at radius 1 is 0.794 bits per heavy atom. The highest BCUT2D eigenvalue weighted by Gasteiger charge is 2.55. The molecule has 1 aromatic rings. The number of aliphatic hydroxyl groups excluding tert-OH is 4. The third kappa shape index (κ3) is 23.7. The topological polar surface area (TPSA) is 299 Å². The molecule has 0 bridgehead atoms. The van der Waals surface area contributed by atoms with Crippen LogP contribution in [0.4, 0.5) is 4.79 Å². The first-order valence-corrected chi connectivity index (χ1v) is 21.4. The number of amides is 4. The van der Waals surface area contributed by atoms with E-state index in [1.165, 1.54) is 0 Å². The summed E-state index contributed by atoms with van der Waals surface area (Å²) in [6.45, 7) is 7.18. The molecule has 1 aliphatic heterocycles. The van der Waals surface area contributed by atoms with Gasteiger partial charge < -0.3 is 80.0 Å². The smallest absolute Gasteiger partial charge is 0.407 e.